The van der Waals surface area contributed by atoms with Crippen molar-refractivity contribution in [3.63, 3.8) is 0 Å². The largest absolute Gasteiger partial charge is 0.461 e. The molecule has 3 saturated heterocycles. The smallest absolute Gasteiger partial charge is 0.319 e. The molecule has 0 radical (unpaired) electrons. The Bertz CT molecular complexity index is 1790. The summed E-state index contributed by atoms with van der Waals surface area (Å²) in [4.78, 5) is 21.4. The lowest BCUT2D eigenvalue weighted by Gasteiger charge is -2.31. The van der Waals surface area contributed by atoms with Gasteiger partial charge in [0.2, 0.25) is 5.69 Å². The first kappa shape index (κ1) is 28.1. The molecule has 0 bridgehead atoms. The molecule has 1 aromatic carbocycles. The number of nitrogens with one attached hydrogen (secondary N) is 1. The number of nitrogens with zero attached hydrogens (tertiary/aromatic N) is 6. The number of anilines is 2. The highest BCUT2D eigenvalue weighted by Crippen LogP contribution is 2.47. The molecule has 0 amide bonds. The average Bonchev–Trinajstić information content (AvgIpc) is 3.74. The van der Waals surface area contributed by atoms with E-state index in [0.717, 1.165) is 43.7 Å². The van der Waals surface area contributed by atoms with Crippen LogP contribution in [-0.2, 0) is 0 Å². The number of alkyl halides is 1. The summed E-state index contributed by atoms with van der Waals surface area (Å²) in [6.45, 7) is 12.0. The van der Waals surface area contributed by atoms with E-state index in [9.17, 15) is 8.78 Å². The van der Waals surface area contributed by atoms with Crippen LogP contribution in [-0.4, -0.2) is 76.9 Å². The first-order valence-electron chi connectivity index (χ1n) is 14.4. The zero-order valence-electron chi connectivity index (χ0n) is 23.8. The van der Waals surface area contributed by atoms with E-state index in [1.165, 1.54) is 18.3 Å². The van der Waals surface area contributed by atoms with Crippen LogP contribution in [0, 0.1) is 18.2 Å². The second-order valence-electron chi connectivity index (χ2n) is 11.8. The SMILES string of the molecule is [C-]#[N+]c1c(N)sc2c(F)ccc(-c3ncc4c(N(C)[C@@H]5CCN[C@@H]5C)nc(OC[C@@]56CCCN5C[C@H](F)C6)nc4c3F)c12. The highest BCUT2D eigenvalue weighted by Gasteiger charge is 2.49. The van der Waals surface area contributed by atoms with E-state index in [4.69, 9.17) is 22.0 Å². The predicted molar refractivity (Wildman–Crippen MR) is 162 cm³/mol. The standard InChI is InChI=1S/C30H31F3N8OS/c1-15-20(7-9-36-15)40(3)28-18-12-37-23(17-5-6-19(32)26-21(17)25(35-2)27(34)43-26)22(33)24(18)38-29(39-28)42-14-30-8-4-10-41(30)13-16(31)11-30/h5-6,12,15-16,20,36H,4,7-11,13-14,34H2,1,3H3/t15-,16-,20-,30+/m1/s1. The van der Waals surface area contributed by atoms with Crippen LogP contribution in [0.2, 0.25) is 0 Å². The van der Waals surface area contributed by atoms with Crippen molar-refractivity contribution >= 4 is 48.8 Å². The number of likely N-dealkylation sites (N-methyl/N-ethyl adjacent to an activating group) is 1. The number of aromatic nitrogens is 3. The van der Waals surface area contributed by atoms with Crippen molar-refractivity contribution in [3.8, 4) is 17.3 Å². The number of nitrogens with two attached hydrogens (primary N) is 1. The van der Waals surface area contributed by atoms with Crippen LogP contribution < -0.4 is 20.7 Å². The summed E-state index contributed by atoms with van der Waals surface area (Å²) in [6.07, 6.45) is 3.63. The van der Waals surface area contributed by atoms with Gasteiger partial charge in [-0.1, -0.05) is 6.07 Å². The van der Waals surface area contributed by atoms with Crippen molar-refractivity contribution in [2.75, 3.05) is 43.9 Å². The van der Waals surface area contributed by atoms with E-state index in [-0.39, 0.29) is 62.2 Å². The maximum absolute atomic E-state index is 16.6. The van der Waals surface area contributed by atoms with Crippen molar-refractivity contribution in [2.24, 2.45) is 0 Å². The maximum Gasteiger partial charge on any atom is 0.319 e. The number of thiophene rings is 1. The van der Waals surface area contributed by atoms with Gasteiger partial charge in [0.1, 0.15) is 35.6 Å². The molecule has 3 N–H and O–H groups in total. The van der Waals surface area contributed by atoms with Gasteiger partial charge in [-0.25, -0.2) is 18.0 Å². The number of rotatable bonds is 6. The molecule has 7 rings (SSSR count). The van der Waals surface area contributed by atoms with E-state index in [2.05, 4.69) is 32.0 Å². The fourth-order valence-corrected chi connectivity index (χ4v) is 8.14. The molecule has 3 aliphatic heterocycles. The van der Waals surface area contributed by atoms with Gasteiger partial charge in [-0.2, -0.15) is 9.97 Å². The lowest BCUT2D eigenvalue weighted by molar-refractivity contribution is 0.107. The molecule has 4 aromatic rings. The number of halogens is 3. The second-order valence-corrected chi connectivity index (χ2v) is 12.9. The molecule has 4 atom stereocenters. The first-order valence-corrected chi connectivity index (χ1v) is 15.2. The minimum absolute atomic E-state index is 0.00146. The number of fused-ring (bicyclic) bond motifs is 3. The molecule has 6 heterocycles. The third-order valence-corrected chi connectivity index (χ3v) is 10.4. The number of benzene rings is 1. The van der Waals surface area contributed by atoms with Gasteiger partial charge < -0.3 is 20.7 Å². The van der Waals surface area contributed by atoms with Crippen LogP contribution in [0.1, 0.15) is 32.6 Å². The van der Waals surface area contributed by atoms with E-state index in [0.29, 0.717) is 24.2 Å². The summed E-state index contributed by atoms with van der Waals surface area (Å²) >= 11 is 0.947. The van der Waals surface area contributed by atoms with Crippen molar-refractivity contribution in [3.05, 3.63) is 41.4 Å². The molecule has 9 nitrogen and oxygen atoms in total. The molecular formula is C30H31F3N8OS. The lowest BCUT2D eigenvalue weighted by atomic mass is 9.95. The summed E-state index contributed by atoms with van der Waals surface area (Å²) in [5.41, 5.74) is 5.84. The Kier molecular flexibility index (Phi) is 6.83. The van der Waals surface area contributed by atoms with Gasteiger partial charge in [0, 0.05) is 49.2 Å². The minimum atomic E-state index is -0.912. The van der Waals surface area contributed by atoms with E-state index in [1.807, 2.05) is 11.9 Å². The molecule has 3 fully saturated rings. The van der Waals surface area contributed by atoms with E-state index in [1.54, 1.807) is 0 Å². The van der Waals surface area contributed by atoms with Crippen LogP contribution in [0.3, 0.4) is 0 Å². The molecular weight excluding hydrogens is 577 g/mol. The third-order valence-electron chi connectivity index (χ3n) is 9.35. The van der Waals surface area contributed by atoms with E-state index < -0.39 is 23.3 Å². The van der Waals surface area contributed by atoms with Gasteiger partial charge in [-0.05, 0) is 45.3 Å². The molecule has 3 aliphatic rings. The summed E-state index contributed by atoms with van der Waals surface area (Å²) in [5.74, 6) is -0.813. The highest BCUT2D eigenvalue weighted by molar-refractivity contribution is 7.23. The lowest BCUT2D eigenvalue weighted by Crippen LogP contribution is -2.43. The highest BCUT2D eigenvalue weighted by atomic mass is 32.1. The topological polar surface area (TPSA) is 96.8 Å². The van der Waals surface area contributed by atoms with Crippen molar-refractivity contribution in [2.45, 2.75) is 56.4 Å². The predicted octanol–water partition coefficient (Wildman–Crippen LogP) is 5.46. The fourth-order valence-electron chi connectivity index (χ4n) is 7.20. The van der Waals surface area contributed by atoms with Crippen LogP contribution in [0.4, 0.5) is 29.7 Å². The maximum atomic E-state index is 16.6. The third kappa shape index (κ3) is 4.46. The molecule has 43 heavy (non-hydrogen) atoms. The van der Waals surface area contributed by atoms with E-state index >= 15 is 4.39 Å². The van der Waals surface area contributed by atoms with Gasteiger partial charge in [0.25, 0.3) is 0 Å². The number of hydrogen-bond acceptors (Lipinski definition) is 9. The number of ether oxygens (including phenoxy) is 1. The fraction of sp³-hybridized carbons (Fsp3) is 0.467. The summed E-state index contributed by atoms with van der Waals surface area (Å²) < 4.78 is 52.1. The summed E-state index contributed by atoms with van der Waals surface area (Å²) in [7, 11) is 1.91. The molecule has 0 unspecified atom stereocenters. The van der Waals surface area contributed by atoms with Gasteiger partial charge in [0.05, 0.1) is 27.2 Å². The van der Waals surface area contributed by atoms with Crippen LogP contribution >= 0.6 is 11.3 Å². The number of pyridine rings is 1. The monoisotopic (exact) mass is 608 g/mol. The zero-order valence-corrected chi connectivity index (χ0v) is 24.6. The van der Waals surface area contributed by atoms with Crippen molar-refractivity contribution < 1.29 is 17.9 Å². The van der Waals surface area contributed by atoms with Crippen LogP contribution in [0.15, 0.2) is 18.3 Å². The molecule has 3 aromatic heterocycles. The Morgan fingerprint density at radius 2 is 2.16 bits per heavy atom. The second kappa shape index (κ2) is 10.5. The molecule has 13 heteroatoms. The molecule has 0 spiro atoms. The quantitative estimate of drug-likeness (QED) is 0.279. The molecule has 0 aliphatic carbocycles. The summed E-state index contributed by atoms with van der Waals surface area (Å²) in [5, 5.41) is 4.21. The van der Waals surface area contributed by atoms with Crippen LogP contribution in [0.5, 0.6) is 6.01 Å². The Hall–Kier alpha value is -3.73. The average molecular weight is 609 g/mol. The normalized spacial score (nSPS) is 25.4. The number of hydrogen-bond donors (Lipinski definition) is 2. The van der Waals surface area contributed by atoms with Crippen molar-refractivity contribution in [1.82, 2.24) is 25.2 Å². The van der Waals surface area contributed by atoms with Gasteiger partial charge in [-0.15, -0.1) is 11.3 Å². The van der Waals surface area contributed by atoms with Gasteiger partial charge in [0.15, 0.2) is 5.82 Å². The van der Waals surface area contributed by atoms with Crippen LogP contribution in [0.25, 0.3) is 37.1 Å². The van der Waals surface area contributed by atoms with Gasteiger partial charge >= 0.3 is 6.01 Å². The summed E-state index contributed by atoms with van der Waals surface area (Å²) in [6, 6.07) is 2.89. The van der Waals surface area contributed by atoms with Gasteiger partial charge in [-0.3, -0.25) is 9.88 Å². The minimum Gasteiger partial charge on any atom is -0.461 e. The Labute approximate surface area is 250 Å². The first-order chi connectivity index (χ1) is 20.7. The Balaban J connectivity index is 1.37. The number of nitrogen functional groups attached to an aromatic ring is 1. The van der Waals surface area contributed by atoms with Crippen molar-refractivity contribution in [1.29, 1.82) is 0 Å². The molecule has 0 saturated carbocycles. The molecule has 224 valence electrons. The Morgan fingerprint density at radius 1 is 1.33 bits per heavy atom. The Morgan fingerprint density at radius 3 is 2.93 bits per heavy atom. The zero-order chi connectivity index (χ0) is 30.0.